The third kappa shape index (κ3) is 4.69. The first-order chi connectivity index (χ1) is 13.5. The molecule has 4 rings (SSSR count). The van der Waals surface area contributed by atoms with Crippen LogP contribution in [0.15, 0.2) is 18.2 Å². The number of primary amides is 1. The summed E-state index contributed by atoms with van der Waals surface area (Å²) in [6.07, 6.45) is 8.79. The third-order valence-electron chi connectivity index (χ3n) is 7.02. The number of rotatable bonds is 4. The molecule has 5 N–H and O–H groups in total. The van der Waals surface area contributed by atoms with Gasteiger partial charge in [0.15, 0.2) is 0 Å². The van der Waals surface area contributed by atoms with Gasteiger partial charge in [-0.3, -0.25) is 9.59 Å². The highest BCUT2D eigenvalue weighted by molar-refractivity contribution is 6.00. The van der Waals surface area contributed by atoms with Crippen LogP contribution in [0.5, 0.6) is 0 Å². The number of nitrogens with zero attached hydrogens (tertiary/aromatic N) is 1. The number of fused-ring (bicyclic) bond motifs is 2. The van der Waals surface area contributed by atoms with Gasteiger partial charge in [0.25, 0.3) is 0 Å². The maximum absolute atomic E-state index is 13.1. The van der Waals surface area contributed by atoms with E-state index in [-0.39, 0.29) is 30.3 Å². The van der Waals surface area contributed by atoms with Crippen LogP contribution in [0.1, 0.15) is 61.7 Å². The lowest BCUT2D eigenvalue weighted by molar-refractivity contribution is -0.122. The lowest BCUT2D eigenvalue weighted by atomic mass is 9.65. The summed E-state index contributed by atoms with van der Waals surface area (Å²) in [6, 6.07) is 5.66. The molecule has 1 aliphatic heterocycles. The Morgan fingerprint density at radius 1 is 1.00 bits per heavy atom. The van der Waals surface area contributed by atoms with Gasteiger partial charge >= 0.3 is 0 Å². The zero-order valence-electron chi connectivity index (χ0n) is 16.9. The summed E-state index contributed by atoms with van der Waals surface area (Å²) in [5, 5.41) is 3.15. The Labute approximate surface area is 179 Å². The van der Waals surface area contributed by atoms with E-state index in [2.05, 4.69) is 10.2 Å². The molecular formula is C22H33ClN4O2. The van der Waals surface area contributed by atoms with E-state index >= 15 is 0 Å². The molecule has 2 bridgehead atoms. The van der Waals surface area contributed by atoms with Crippen molar-refractivity contribution in [1.82, 2.24) is 0 Å². The topological polar surface area (TPSA) is 101 Å². The van der Waals surface area contributed by atoms with E-state index in [0.717, 1.165) is 57.3 Å². The molecule has 6 nitrogen and oxygen atoms in total. The molecule has 2 atom stereocenters. The monoisotopic (exact) mass is 420 g/mol. The summed E-state index contributed by atoms with van der Waals surface area (Å²) in [5.74, 6) is 0.507. The van der Waals surface area contributed by atoms with E-state index in [1.54, 1.807) is 12.1 Å². The number of nitrogens with one attached hydrogen (secondary N) is 1. The van der Waals surface area contributed by atoms with E-state index in [1.807, 2.05) is 6.07 Å². The molecule has 2 unspecified atom stereocenters. The summed E-state index contributed by atoms with van der Waals surface area (Å²) in [6.45, 7) is 1.95. The van der Waals surface area contributed by atoms with Crippen LogP contribution in [0.25, 0.3) is 0 Å². The van der Waals surface area contributed by atoms with Crippen molar-refractivity contribution >= 4 is 35.6 Å². The van der Waals surface area contributed by atoms with Crippen LogP contribution in [0.4, 0.5) is 11.4 Å². The van der Waals surface area contributed by atoms with Crippen LogP contribution in [0, 0.1) is 17.8 Å². The minimum Gasteiger partial charge on any atom is -0.370 e. The van der Waals surface area contributed by atoms with E-state index in [4.69, 9.17) is 11.5 Å². The molecule has 29 heavy (non-hydrogen) atoms. The predicted molar refractivity (Wildman–Crippen MR) is 118 cm³/mol. The zero-order chi connectivity index (χ0) is 19.7. The summed E-state index contributed by atoms with van der Waals surface area (Å²) < 4.78 is 0. The Morgan fingerprint density at radius 2 is 1.66 bits per heavy atom. The Balaban J connectivity index is 0.00000240. The number of nitrogens with two attached hydrogens (primary N) is 2. The van der Waals surface area contributed by atoms with Gasteiger partial charge in [0, 0.05) is 30.6 Å². The highest BCUT2D eigenvalue weighted by atomic mass is 35.5. The molecule has 2 aliphatic carbocycles. The lowest BCUT2D eigenvalue weighted by Gasteiger charge is -2.43. The molecule has 1 heterocycles. The number of piperidine rings is 1. The fraction of sp³-hybridized carbons (Fsp3) is 0.636. The Kier molecular flexibility index (Phi) is 7.06. The summed E-state index contributed by atoms with van der Waals surface area (Å²) in [4.78, 5) is 27.1. The van der Waals surface area contributed by atoms with Gasteiger partial charge in [0.2, 0.25) is 11.8 Å². The Bertz CT molecular complexity index is 736. The second-order valence-electron chi connectivity index (χ2n) is 8.83. The normalized spacial score (nSPS) is 28.9. The van der Waals surface area contributed by atoms with E-state index in [0.29, 0.717) is 23.1 Å². The quantitative estimate of drug-likeness (QED) is 0.695. The maximum Gasteiger partial charge on any atom is 0.248 e. The molecule has 1 saturated heterocycles. The van der Waals surface area contributed by atoms with Crippen molar-refractivity contribution in [3.8, 4) is 0 Å². The first-order valence-electron chi connectivity index (χ1n) is 10.8. The highest BCUT2D eigenvalue weighted by Gasteiger charge is 2.40. The number of hydrogen-bond acceptors (Lipinski definition) is 4. The van der Waals surface area contributed by atoms with Crippen molar-refractivity contribution in [2.75, 3.05) is 23.3 Å². The molecule has 2 amide bonds. The van der Waals surface area contributed by atoms with Crippen molar-refractivity contribution in [2.45, 2.75) is 57.4 Å². The Morgan fingerprint density at radius 3 is 2.28 bits per heavy atom. The number of carbonyl (C=O) groups excluding carboxylic acids is 2. The second-order valence-corrected chi connectivity index (χ2v) is 8.83. The zero-order valence-corrected chi connectivity index (χ0v) is 17.8. The van der Waals surface area contributed by atoms with Crippen molar-refractivity contribution in [1.29, 1.82) is 0 Å². The molecular weight excluding hydrogens is 388 g/mol. The van der Waals surface area contributed by atoms with Crippen LogP contribution < -0.4 is 21.7 Å². The van der Waals surface area contributed by atoms with Gasteiger partial charge in [0.05, 0.1) is 11.4 Å². The van der Waals surface area contributed by atoms with Crippen molar-refractivity contribution < 1.29 is 9.59 Å². The van der Waals surface area contributed by atoms with Crippen molar-refractivity contribution in [2.24, 2.45) is 29.2 Å². The fourth-order valence-electron chi connectivity index (χ4n) is 5.44. The van der Waals surface area contributed by atoms with Crippen LogP contribution in [-0.4, -0.2) is 30.9 Å². The van der Waals surface area contributed by atoms with Gasteiger partial charge in [-0.05, 0) is 75.0 Å². The number of carbonyl (C=O) groups is 2. The summed E-state index contributed by atoms with van der Waals surface area (Å²) in [5.41, 5.74) is 14.0. The smallest absolute Gasteiger partial charge is 0.248 e. The molecule has 160 valence electrons. The average molecular weight is 421 g/mol. The van der Waals surface area contributed by atoms with Crippen LogP contribution in [-0.2, 0) is 4.79 Å². The van der Waals surface area contributed by atoms with Gasteiger partial charge in [-0.2, -0.15) is 0 Å². The first kappa shape index (κ1) is 21.9. The van der Waals surface area contributed by atoms with Gasteiger partial charge in [-0.25, -0.2) is 0 Å². The third-order valence-corrected chi connectivity index (χ3v) is 7.02. The molecule has 7 heteroatoms. The lowest BCUT2D eigenvalue weighted by Crippen LogP contribution is -2.48. The number of benzene rings is 1. The second kappa shape index (κ2) is 9.35. The molecule has 0 spiro atoms. The number of amides is 2. The average Bonchev–Trinajstić information content (AvgIpc) is 2.68. The minimum atomic E-state index is -0.473. The van der Waals surface area contributed by atoms with Crippen molar-refractivity contribution in [3.05, 3.63) is 23.8 Å². The van der Waals surface area contributed by atoms with Gasteiger partial charge in [-0.15, -0.1) is 12.4 Å². The molecule has 2 saturated carbocycles. The fourth-order valence-corrected chi connectivity index (χ4v) is 5.44. The molecule has 0 aromatic heterocycles. The number of halogens is 1. The Hall–Kier alpha value is -1.79. The molecule has 0 radical (unpaired) electrons. The highest BCUT2D eigenvalue weighted by Crippen LogP contribution is 2.42. The first-order valence-corrected chi connectivity index (χ1v) is 10.8. The number of hydrogen-bond donors (Lipinski definition) is 3. The predicted octanol–water partition coefficient (Wildman–Crippen LogP) is 3.29. The van der Waals surface area contributed by atoms with E-state index in [9.17, 15) is 9.59 Å². The molecule has 1 aromatic carbocycles. The summed E-state index contributed by atoms with van der Waals surface area (Å²) in [7, 11) is 0. The van der Waals surface area contributed by atoms with Crippen molar-refractivity contribution in [3.63, 3.8) is 0 Å². The number of anilines is 2. The van der Waals surface area contributed by atoms with Gasteiger partial charge in [-0.1, -0.05) is 6.42 Å². The van der Waals surface area contributed by atoms with Crippen LogP contribution >= 0.6 is 12.4 Å². The van der Waals surface area contributed by atoms with Crippen LogP contribution in [0.2, 0.25) is 0 Å². The molecule has 1 aromatic rings. The van der Waals surface area contributed by atoms with Gasteiger partial charge in [0.1, 0.15) is 0 Å². The van der Waals surface area contributed by atoms with E-state index in [1.165, 1.54) is 12.8 Å². The van der Waals surface area contributed by atoms with Gasteiger partial charge < -0.3 is 21.7 Å². The molecule has 3 fully saturated rings. The van der Waals surface area contributed by atoms with Crippen LogP contribution in [0.3, 0.4) is 0 Å². The summed E-state index contributed by atoms with van der Waals surface area (Å²) >= 11 is 0. The molecule has 3 aliphatic rings. The largest absolute Gasteiger partial charge is 0.370 e. The standard InChI is InChI=1S/C22H32N4O2.ClH/c23-20-14-5-4-6-15(20)12-17(11-14)22(28)25-18-13-16(21(24)27)7-8-19(18)26-9-2-1-3-10-26;/h7-8,13-15,17,20H,1-6,9-12,23H2,(H2,24,27)(H,25,28);1H. The van der Waals surface area contributed by atoms with E-state index < -0.39 is 5.91 Å². The minimum absolute atomic E-state index is 0. The SMILES string of the molecule is Cl.NC(=O)c1ccc(N2CCCCC2)c(NC(=O)C2CC3CCCC(C2)C3N)c1. The maximum atomic E-state index is 13.1.